The van der Waals surface area contributed by atoms with Gasteiger partial charge in [0.15, 0.2) is 0 Å². The van der Waals surface area contributed by atoms with Gasteiger partial charge in [0, 0.05) is 6.42 Å². The zero-order chi connectivity index (χ0) is 15.7. The number of hydrogen-bond acceptors (Lipinski definition) is 6. The molecule has 1 aromatic carbocycles. The predicted molar refractivity (Wildman–Crippen MR) is 78.1 cm³/mol. The van der Waals surface area contributed by atoms with Gasteiger partial charge in [-0.25, -0.2) is 9.69 Å². The van der Waals surface area contributed by atoms with Crippen molar-refractivity contribution in [2.24, 2.45) is 5.10 Å². The van der Waals surface area contributed by atoms with Crippen LogP contribution in [0.15, 0.2) is 35.4 Å². The number of nitrogens with zero attached hydrogens (tertiary/aromatic N) is 2. The van der Waals surface area contributed by atoms with Crippen molar-refractivity contribution < 1.29 is 19.1 Å². The SMILES string of the molecule is CCOC(=O)C1=NN[C@@]2(CC(=O)N(c3ccccc3)C2=O)C1. The summed E-state index contributed by atoms with van der Waals surface area (Å²) in [7, 11) is 0. The summed E-state index contributed by atoms with van der Waals surface area (Å²) < 4.78 is 4.88. The highest BCUT2D eigenvalue weighted by molar-refractivity contribution is 6.39. The highest BCUT2D eigenvalue weighted by Crippen LogP contribution is 2.34. The number of hydrazone groups is 1. The van der Waals surface area contributed by atoms with Gasteiger partial charge >= 0.3 is 5.97 Å². The largest absolute Gasteiger partial charge is 0.461 e. The summed E-state index contributed by atoms with van der Waals surface area (Å²) >= 11 is 0. The Bertz CT molecular complexity index is 671. The Morgan fingerprint density at radius 3 is 2.73 bits per heavy atom. The van der Waals surface area contributed by atoms with Crippen LogP contribution >= 0.6 is 0 Å². The maximum Gasteiger partial charge on any atom is 0.354 e. The highest BCUT2D eigenvalue weighted by atomic mass is 16.5. The molecule has 1 aromatic rings. The number of para-hydroxylation sites is 1. The topological polar surface area (TPSA) is 88.1 Å². The van der Waals surface area contributed by atoms with E-state index in [1.165, 1.54) is 0 Å². The van der Waals surface area contributed by atoms with Crippen LogP contribution in [0.25, 0.3) is 0 Å². The van der Waals surface area contributed by atoms with Crippen LogP contribution in [0.4, 0.5) is 5.69 Å². The fraction of sp³-hybridized carbons (Fsp3) is 0.333. The lowest BCUT2D eigenvalue weighted by Crippen LogP contribution is -2.47. The third kappa shape index (κ3) is 2.14. The number of amides is 2. The van der Waals surface area contributed by atoms with Gasteiger partial charge in [-0.3, -0.25) is 15.0 Å². The second kappa shape index (κ2) is 5.25. The Balaban J connectivity index is 1.83. The summed E-state index contributed by atoms with van der Waals surface area (Å²) in [5.74, 6) is -1.28. The fourth-order valence-electron chi connectivity index (χ4n) is 2.68. The van der Waals surface area contributed by atoms with Crippen LogP contribution in [0.1, 0.15) is 19.8 Å². The van der Waals surface area contributed by atoms with Crippen LogP contribution in [0.2, 0.25) is 0 Å². The smallest absolute Gasteiger partial charge is 0.354 e. The monoisotopic (exact) mass is 301 g/mol. The number of carbonyl (C=O) groups is 3. The van der Waals surface area contributed by atoms with Crippen LogP contribution < -0.4 is 10.3 Å². The molecule has 0 bridgehead atoms. The molecule has 7 nitrogen and oxygen atoms in total. The Kier molecular flexibility index (Phi) is 3.40. The van der Waals surface area contributed by atoms with E-state index < -0.39 is 17.4 Å². The number of esters is 1. The zero-order valence-corrected chi connectivity index (χ0v) is 12.0. The van der Waals surface area contributed by atoms with Crippen LogP contribution in [-0.2, 0) is 19.1 Å². The molecule has 0 saturated carbocycles. The van der Waals surface area contributed by atoms with Gasteiger partial charge in [-0.05, 0) is 19.1 Å². The van der Waals surface area contributed by atoms with Crippen molar-refractivity contribution in [3.05, 3.63) is 30.3 Å². The lowest BCUT2D eigenvalue weighted by molar-refractivity contribution is -0.135. The summed E-state index contributed by atoms with van der Waals surface area (Å²) in [5.41, 5.74) is 2.16. The first-order chi connectivity index (χ1) is 10.6. The van der Waals surface area contributed by atoms with Gasteiger partial charge < -0.3 is 4.74 Å². The van der Waals surface area contributed by atoms with E-state index in [0.717, 1.165) is 4.90 Å². The molecule has 2 aliphatic rings. The van der Waals surface area contributed by atoms with Crippen molar-refractivity contribution in [2.75, 3.05) is 11.5 Å². The van der Waals surface area contributed by atoms with Gasteiger partial charge in [0.1, 0.15) is 11.3 Å². The molecule has 22 heavy (non-hydrogen) atoms. The molecular weight excluding hydrogens is 286 g/mol. The number of benzene rings is 1. The lowest BCUT2D eigenvalue weighted by Gasteiger charge is -2.20. The molecule has 1 fully saturated rings. The Morgan fingerprint density at radius 1 is 1.32 bits per heavy atom. The van der Waals surface area contributed by atoms with Gasteiger partial charge in [-0.15, -0.1) is 0 Å². The molecule has 1 spiro atoms. The number of ether oxygens (including phenoxy) is 1. The van der Waals surface area contributed by atoms with Gasteiger partial charge in [0.25, 0.3) is 5.91 Å². The number of rotatable bonds is 3. The number of imide groups is 1. The van der Waals surface area contributed by atoms with Gasteiger partial charge in [-0.2, -0.15) is 5.10 Å². The maximum atomic E-state index is 12.7. The van der Waals surface area contributed by atoms with Gasteiger partial charge in [-0.1, -0.05) is 18.2 Å². The summed E-state index contributed by atoms with van der Waals surface area (Å²) in [6.07, 6.45) is 0.0207. The summed E-state index contributed by atoms with van der Waals surface area (Å²) in [4.78, 5) is 37.8. The van der Waals surface area contributed by atoms with Crippen molar-refractivity contribution in [1.82, 2.24) is 5.43 Å². The number of carbonyl (C=O) groups excluding carboxylic acids is 3. The molecule has 7 heteroatoms. The minimum absolute atomic E-state index is 0.0346. The molecule has 2 amide bonds. The van der Waals surface area contributed by atoms with E-state index in [4.69, 9.17) is 4.74 Å². The predicted octanol–water partition coefficient (Wildman–Crippen LogP) is 0.601. The number of hydrogen-bond donors (Lipinski definition) is 1. The third-order valence-corrected chi connectivity index (χ3v) is 3.71. The Labute approximate surface area is 126 Å². The lowest BCUT2D eigenvalue weighted by atomic mass is 9.93. The molecule has 0 aliphatic carbocycles. The maximum absolute atomic E-state index is 12.7. The average molecular weight is 301 g/mol. The second-order valence-electron chi connectivity index (χ2n) is 5.20. The normalized spacial score (nSPS) is 23.7. The van der Waals surface area contributed by atoms with Crippen LogP contribution in [0.5, 0.6) is 0 Å². The average Bonchev–Trinajstić information content (AvgIpc) is 3.03. The van der Waals surface area contributed by atoms with Crippen LogP contribution in [0, 0.1) is 0 Å². The van der Waals surface area contributed by atoms with E-state index >= 15 is 0 Å². The van der Waals surface area contributed by atoms with Crippen molar-refractivity contribution >= 4 is 29.2 Å². The second-order valence-corrected chi connectivity index (χ2v) is 5.20. The molecule has 0 aromatic heterocycles. The molecule has 2 heterocycles. The minimum atomic E-state index is -1.17. The molecular formula is C15H15N3O4. The molecule has 3 rings (SSSR count). The molecule has 0 unspecified atom stereocenters. The van der Waals surface area contributed by atoms with E-state index in [1.54, 1.807) is 37.3 Å². The van der Waals surface area contributed by atoms with E-state index in [0.29, 0.717) is 5.69 Å². The van der Waals surface area contributed by atoms with Crippen LogP contribution in [0.3, 0.4) is 0 Å². The molecule has 1 atom stereocenters. The number of nitrogens with one attached hydrogen (secondary N) is 1. The first kappa shape index (κ1) is 14.2. The first-order valence-corrected chi connectivity index (χ1v) is 7.01. The van der Waals surface area contributed by atoms with E-state index in [2.05, 4.69) is 10.5 Å². The summed E-state index contributed by atoms with van der Waals surface area (Å²) in [6.45, 7) is 1.92. The zero-order valence-electron chi connectivity index (χ0n) is 12.0. The van der Waals surface area contributed by atoms with E-state index in [1.807, 2.05) is 0 Å². The Hall–Kier alpha value is -2.70. The van der Waals surface area contributed by atoms with Crippen molar-refractivity contribution in [3.8, 4) is 0 Å². The Morgan fingerprint density at radius 2 is 2.05 bits per heavy atom. The molecule has 2 aliphatic heterocycles. The fourth-order valence-corrected chi connectivity index (χ4v) is 2.68. The van der Waals surface area contributed by atoms with Crippen molar-refractivity contribution in [2.45, 2.75) is 25.3 Å². The standard InChI is InChI=1S/C15H15N3O4/c1-2-22-13(20)11-8-15(17-16-11)9-12(19)18(14(15)21)10-6-4-3-5-7-10/h3-7,17H,2,8-9H2,1H3/t15-/m1/s1. The van der Waals surface area contributed by atoms with Gasteiger partial charge in [0.05, 0.1) is 18.7 Å². The summed E-state index contributed by atoms with van der Waals surface area (Å²) in [5, 5.41) is 3.89. The quantitative estimate of drug-likeness (QED) is 0.652. The van der Waals surface area contributed by atoms with E-state index in [9.17, 15) is 14.4 Å². The molecule has 1 N–H and O–H groups in total. The molecule has 1 saturated heterocycles. The van der Waals surface area contributed by atoms with Gasteiger partial charge in [0.2, 0.25) is 5.91 Å². The highest BCUT2D eigenvalue weighted by Gasteiger charge is 2.56. The van der Waals surface area contributed by atoms with E-state index in [-0.39, 0.29) is 31.1 Å². The molecule has 114 valence electrons. The minimum Gasteiger partial charge on any atom is -0.461 e. The van der Waals surface area contributed by atoms with Crippen molar-refractivity contribution in [1.29, 1.82) is 0 Å². The van der Waals surface area contributed by atoms with Crippen molar-refractivity contribution in [3.63, 3.8) is 0 Å². The van der Waals surface area contributed by atoms with Crippen LogP contribution in [-0.4, -0.2) is 35.6 Å². The third-order valence-electron chi connectivity index (χ3n) is 3.71. The number of anilines is 1. The first-order valence-electron chi connectivity index (χ1n) is 7.01. The molecule has 0 radical (unpaired) electrons. The summed E-state index contributed by atoms with van der Waals surface area (Å²) in [6, 6.07) is 8.70.